The Morgan fingerprint density at radius 1 is 1.58 bits per heavy atom. The van der Waals surface area contributed by atoms with E-state index in [1.54, 1.807) is 6.20 Å². The molecule has 1 rings (SSSR count). The first kappa shape index (κ1) is 15.9. The first-order valence-corrected chi connectivity index (χ1v) is 7.32. The summed E-state index contributed by atoms with van der Waals surface area (Å²) in [6.07, 6.45) is 2.38. The molecule has 106 valence electrons. The number of rotatable bonds is 7. The van der Waals surface area contributed by atoms with E-state index >= 15 is 0 Å². The lowest BCUT2D eigenvalue weighted by molar-refractivity contribution is -0.124. The smallest absolute Gasteiger partial charge is 0.237 e. The summed E-state index contributed by atoms with van der Waals surface area (Å²) in [7, 11) is 0. The molecule has 19 heavy (non-hydrogen) atoms. The predicted octanol–water partition coefficient (Wildman–Crippen LogP) is 1.51. The lowest BCUT2D eigenvalue weighted by Gasteiger charge is -2.29. The molecule has 5 nitrogen and oxygen atoms in total. The van der Waals surface area contributed by atoms with Gasteiger partial charge in [-0.05, 0) is 40.2 Å². The normalized spacial score (nSPS) is 14.4. The van der Waals surface area contributed by atoms with Crippen molar-refractivity contribution in [1.82, 2.24) is 15.3 Å². The SMILES string of the molecule is Cc1ccnc(SCCC(C)(NC(C)C)C(N)=O)n1. The van der Waals surface area contributed by atoms with Gasteiger partial charge in [0.2, 0.25) is 5.91 Å². The number of hydrogen-bond acceptors (Lipinski definition) is 5. The fourth-order valence-electron chi connectivity index (χ4n) is 1.75. The van der Waals surface area contributed by atoms with Crippen molar-refractivity contribution in [3.05, 3.63) is 18.0 Å². The minimum Gasteiger partial charge on any atom is -0.368 e. The lowest BCUT2D eigenvalue weighted by atomic mass is 9.97. The van der Waals surface area contributed by atoms with Gasteiger partial charge in [0.25, 0.3) is 0 Å². The first-order chi connectivity index (χ1) is 8.83. The zero-order chi connectivity index (χ0) is 14.5. The Bertz CT molecular complexity index is 438. The predicted molar refractivity (Wildman–Crippen MR) is 78.0 cm³/mol. The van der Waals surface area contributed by atoms with Crippen molar-refractivity contribution in [3.63, 3.8) is 0 Å². The Morgan fingerprint density at radius 3 is 2.79 bits per heavy atom. The second-order valence-electron chi connectivity index (χ2n) is 5.07. The molecule has 6 heteroatoms. The summed E-state index contributed by atoms with van der Waals surface area (Å²) in [4.78, 5) is 20.1. The Labute approximate surface area is 118 Å². The van der Waals surface area contributed by atoms with Crippen molar-refractivity contribution in [2.24, 2.45) is 5.73 Å². The number of hydrogen-bond donors (Lipinski definition) is 2. The molecular formula is C13H22N4OS. The number of nitrogens with two attached hydrogens (primary N) is 1. The molecule has 1 heterocycles. The molecular weight excluding hydrogens is 260 g/mol. The van der Waals surface area contributed by atoms with Crippen LogP contribution in [-0.4, -0.2) is 33.2 Å². The number of thioether (sulfide) groups is 1. The lowest BCUT2D eigenvalue weighted by Crippen LogP contribution is -2.55. The van der Waals surface area contributed by atoms with E-state index in [-0.39, 0.29) is 11.9 Å². The summed E-state index contributed by atoms with van der Waals surface area (Å²) in [6, 6.07) is 2.07. The van der Waals surface area contributed by atoms with Crippen LogP contribution < -0.4 is 11.1 Å². The van der Waals surface area contributed by atoms with Gasteiger partial charge in [-0.25, -0.2) is 9.97 Å². The average molecular weight is 282 g/mol. The number of aryl methyl sites for hydroxylation is 1. The Kier molecular flexibility index (Phi) is 5.75. The van der Waals surface area contributed by atoms with Crippen LogP contribution in [0.15, 0.2) is 17.4 Å². The fourth-order valence-corrected chi connectivity index (χ4v) is 2.78. The highest BCUT2D eigenvalue weighted by molar-refractivity contribution is 7.99. The molecule has 1 aromatic rings. The van der Waals surface area contributed by atoms with Gasteiger partial charge in [0.15, 0.2) is 5.16 Å². The quantitative estimate of drug-likeness (QED) is 0.585. The molecule has 3 N–H and O–H groups in total. The van der Waals surface area contributed by atoms with Crippen molar-refractivity contribution >= 4 is 17.7 Å². The molecule has 0 fully saturated rings. The van der Waals surface area contributed by atoms with Crippen LogP contribution in [-0.2, 0) is 4.79 Å². The van der Waals surface area contributed by atoms with Crippen LogP contribution >= 0.6 is 11.8 Å². The van der Waals surface area contributed by atoms with Crippen molar-refractivity contribution in [2.45, 2.75) is 50.9 Å². The van der Waals surface area contributed by atoms with Crippen molar-refractivity contribution in [3.8, 4) is 0 Å². The molecule has 1 unspecified atom stereocenters. The summed E-state index contributed by atoms with van der Waals surface area (Å²) >= 11 is 1.54. The van der Waals surface area contributed by atoms with Crippen molar-refractivity contribution in [2.75, 3.05) is 5.75 Å². The van der Waals surface area contributed by atoms with Crippen LogP contribution in [0.3, 0.4) is 0 Å². The summed E-state index contributed by atoms with van der Waals surface area (Å²) < 4.78 is 0. The highest BCUT2D eigenvalue weighted by Crippen LogP contribution is 2.19. The summed E-state index contributed by atoms with van der Waals surface area (Å²) in [5.41, 5.74) is 5.73. The number of nitrogens with zero attached hydrogens (tertiary/aromatic N) is 2. The number of aromatic nitrogens is 2. The zero-order valence-electron chi connectivity index (χ0n) is 11.9. The standard InChI is InChI=1S/C13H22N4OS/c1-9(2)17-13(4,11(14)18)6-8-19-12-15-7-5-10(3)16-12/h5,7,9,17H,6,8H2,1-4H3,(H2,14,18). The van der Waals surface area contributed by atoms with Crippen LogP contribution in [0.4, 0.5) is 0 Å². The number of amides is 1. The molecule has 0 saturated heterocycles. The third-order valence-corrected chi connectivity index (χ3v) is 3.62. The van der Waals surface area contributed by atoms with E-state index < -0.39 is 5.54 Å². The molecule has 0 radical (unpaired) electrons. The zero-order valence-corrected chi connectivity index (χ0v) is 12.8. The van der Waals surface area contributed by atoms with Crippen molar-refractivity contribution < 1.29 is 4.79 Å². The van der Waals surface area contributed by atoms with E-state index in [9.17, 15) is 4.79 Å². The molecule has 0 aromatic carbocycles. The Balaban J connectivity index is 2.56. The van der Waals surface area contributed by atoms with Gasteiger partial charge in [-0.3, -0.25) is 4.79 Å². The second kappa shape index (κ2) is 6.86. The monoisotopic (exact) mass is 282 g/mol. The van der Waals surface area contributed by atoms with Gasteiger partial charge in [0.1, 0.15) is 0 Å². The fraction of sp³-hybridized carbons (Fsp3) is 0.615. The minimum atomic E-state index is -0.689. The maximum atomic E-state index is 11.6. The van der Waals surface area contributed by atoms with Gasteiger partial charge < -0.3 is 11.1 Å². The van der Waals surface area contributed by atoms with E-state index in [1.807, 2.05) is 33.8 Å². The maximum Gasteiger partial charge on any atom is 0.237 e. The van der Waals surface area contributed by atoms with Crippen molar-refractivity contribution in [1.29, 1.82) is 0 Å². The largest absolute Gasteiger partial charge is 0.368 e. The summed E-state index contributed by atoms with van der Waals surface area (Å²) in [6.45, 7) is 7.77. The molecule has 1 amide bonds. The number of primary amides is 1. The molecule has 0 aliphatic carbocycles. The van der Waals surface area contributed by atoms with Gasteiger partial charge in [-0.15, -0.1) is 0 Å². The maximum absolute atomic E-state index is 11.6. The molecule has 0 spiro atoms. The van der Waals surface area contributed by atoms with Gasteiger partial charge in [-0.2, -0.15) is 0 Å². The van der Waals surface area contributed by atoms with Gasteiger partial charge in [0.05, 0.1) is 5.54 Å². The van der Waals surface area contributed by atoms with Crippen LogP contribution in [0, 0.1) is 6.92 Å². The number of nitrogens with one attached hydrogen (secondary N) is 1. The second-order valence-corrected chi connectivity index (χ2v) is 6.14. The number of carbonyl (C=O) groups excluding carboxylic acids is 1. The molecule has 0 bridgehead atoms. The third kappa shape index (κ3) is 5.16. The van der Waals surface area contributed by atoms with Crippen LogP contribution in [0.25, 0.3) is 0 Å². The summed E-state index contributed by atoms with van der Waals surface area (Å²) in [5.74, 6) is 0.412. The van der Waals surface area contributed by atoms with E-state index in [4.69, 9.17) is 5.73 Å². The average Bonchev–Trinajstić information content (AvgIpc) is 2.27. The Morgan fingerprint density at radius 2 is 2.26 bits per heavy atom. The third-order valence-electron chi connectivity index (χ3n) is 2.76. The topological polar surface area (TPSA) is 80.9 Å². The Hall–Kier alpha value is -1.14. The van der Waals surface area contributed by atoms with Gasteiger partial charge >= 0.3 is 0 Å². The molecule has 0 saturated carbocycles. The van der Waals surface area contributed by atoms with Crippen LogP contribution in [0.5, 0.6) is 0 Å². The van der Waals surface area contributed by atoms with Gasteiger partial charge in [0, 0.05) is 23.7 Å². The van der Waals surface area contributed by atoms with E-state index in [0.29, 0.717) is 6.42 Å². The molecule has 0 aliphatic heterocycles. The molecule has 0 aliphatic rings. The molecule has 1 aromatic heterocycles. The van der Waals surface area contributed by atoms with E-state index in [0.717, 1.165) is 16.6 Å². The van der Waals surface area contributed by atoms with E-state index in [2.05, 4.69) is 15.3 Å². The highest BCUT2D eigenvalue weighted by Gasteiger charge is 2.30. The highest BCUT2D eigenvalue weighted by atomic mass is 32.2. The first-order valence-electron chi connectivity index (χ1n) is 6.33. The minimum absolute atomic E-state index is 0.206. The number of carbonyl (C=O) groups is 1. The van der Waals surface area contributed by atoms with Crippen LogP contribution in [0.1, 0.15) is 32.9 Å². The van der Waals surface area contributed by atoms with E-state index in [1.165, 1.54) is 11.8 Å². The van der Waals surface area contributed by atoms with Crippen LogP contribution in [0.2, 0.25) is 0 Å². The molecule has 1 atom stereocenters. The van der Waals surface area contributed by atoms with Gasteiger partial charge in [-0.1, -0.05) is 11.8 Å². The summed E-state index contributed by atoms with van der Waals surface area (Å²) in [5, 5.41) is 3.96.